The predicted molar refractivity (Wildman–Crippen MR) is 72.9 cm³/mol. The first kappa shape index (κ1) is 13.9. The molecule has 0 spiro atoms. The molecule has 1 aromatic carbocycles. The summed E-state index contributed by atoms with van der Waals surface area (Å²) in [4.78, 5) is 12.9. The third-order valence-electron chi connectivity index (χ3n) is 2.33. The lowest BCUT2D eigenvalue weighted by Gasteiger charge is -2.19. The third kappa shape index (κ3) is 3.40. The van der Waals surface area contributed by atoms with Gasteiger partial charge in [-0.1, -0.05) is 26.8 Å². The molecule has 1 amide bonds. The first-order valence-corrected chi connectivity index (χ1v) is 6.65. The Morgan fingerprint density at radius 2 is 2.00 bits per heavy atom. The van der Waals surface area contributed by atoms with E-state index < -0.39 is 5.41 Å². The molecular weight excluding hydrogens is 234 g/mol. The second kappa shape index (κ2) is 5.45. The second-order valence-corrected chi connectivity index (χ2v) is 5.56. The SMILES string of the molecule is COc1cccc(NC(=O)C(C)(C)C)c1SC. The van der Waals surface area contributed by atoms with Crippen LogP contribution in [0.15, 0.2) is 23.1 Å². The fourth-order valence-corrected chi connectivity index (χ4v) is 1.99. The van der Waals surface area contributed by atoms with E-state index in [-0.39, 0.29) is 5.91 Å². The van der Waals surface area contributed by atoms with Crippen molar-refractivity contribution in [1.82, 2.24) is 0 Å². The summed E-state index contributed by atoms with van der Waals surface area (Å²) in [5.74, 6) is 0.783. The van der Waals surface area contributed by atoms with Crippen molar-refractivity contribution >= 4 is 23.4 Å². The quantitative estimate of drug-likeness (QED) is 0.839. The van der Waals surface area contributed by atoms with E-state index in [1.165, 1.54) is 0 Å². The number of benzene rings is 1. The van der Waals surface area contributed by atoms with Gasteiger partial charge in [-0.05, 0) is 18.4 Å². The van der Waals surface area contributed by atoms with Crippen LogP contribution in [0.3, 0.4) is 0 Å². The Labute approximate surface area is 107 Å². The van der Waals surface area contributed by atoms with Crippen molar-refractivity contribution in [3.05, 3.63) is 18.2 Å². The zero-order valence-corrected chi connectivity index (χ0v) is 11.8. The molecule has 1 N–H and O–H groups in total. The summed E-state index contributed by atoms with van der Waals surface area (Å²) in [5, 5.41) is 2.94. The monoisotopic (exact) mass is 253 g/mol. The van der Waals surface area contributed by atoms with Gasteiger partial charge in [0.15, 0.2) is 0 Å². The third-order valence-corrected chi connectivity index (χ3v) is 3.16. The van der Waals surface area contributed by atoms with Gasteiger partial charge in [0, 0.05) is 5.41 Å². The van der Waals surface area contributed by atoms with Crippen molar-refractivity contribution in [2.24, 2.45) is 5.41 Å². The van der Waals surface area contributed by atoms with Gasteiger partial charge in [-0.15, -0.1) is 11.8 Å². The maximum absolute atomic E-state index is 11.9. The van der Waals surface area contributed by atoms with Gasteiger partial charge in [0.2, 0.25) is 5.91 Å². The molecule has 0 aliphatic carbocycles. The Morgan fingerprint density at radius 1 is 1.35 bits per heavy atom. The lowest BCUT2D eigenvalue weighted by molar-refractivity contribution is -0.123. The summed E-state index contributed by atoms with van der Waals surface area (Å²) in [6.07, 6.45) is 1.96. The fraction of sp³-hybridized carbons (Fsp3) is 0.462. The number of carbonyl (C=O) groups excluding carboxylic acids is 1. The summed E-state index contributed by atoms with van der Waals surface area (Å²) in [5.41, 5.74) is 0.399. The Kier molecular flexibility index (Phi) is 4.46. The maximum atomic E-state index is 11.9. The number of hydrogen-bond donors (Lipinski definition) is 1. The molecule has 0 bridgehead atoms. The summed E-state index contributed by atoms with van der Waals surface area (Å²) >= 11 is 1.56. The van der Waals surface area contributed by atoms with Gasteiger partial charge >= 0.3 is 0 Å². The van der Waals surface area contributed by atoms with Crippen LogP contribution in [-0.2, 0) is 4.79 Å². The maximum Gasteiger partial charge on any atom is 0.229 e. The van der Waals surface area contributed by atoms with Crippen molar-refractivity contribution in [1.29, 1.82) is 0 Å². The molecule has 0 heterocycles. The number of methoxy groups -OCH3 is 1. The zero-order chi connectivity index (χ0) is 13.1. The highest BCUT2D eigenvalue weighted by Gasteiger charge is 2.22. The average molecular weight is 253 g/mol. The fourth-order valence-electron chi connectivity index (χ4n) is 1.30. The highest BCUT2D eigenvalue weighted by molar-refractivity contribution is 7.98. The molecule has 0 atom stereocenters. The van der Waals surface area contributed by atoms with E-state index in [1.54, 1.807) is 18.9 Å². The van der Waals surface area contributed by atoms with E-state index in [0.717, 1.165) is 16.3 Å². The topological polar surface area (TPSA) is 38.3 Å². The first-order chi connectivity index (χ1) is 7.90. The lowest BCUT2D eigenvalue weighted by atomic mass is 9.95. The largest absolute Gasteiger partial charge is 0.496 e. The number of ether oxygens (including phenoxy) is 1. The molecule has 0 aromatic heterocycles. The molecule has 1 aromatic rings. The molecule has 94 valence electrons. The molecule has 1 rings (SSSR count). The Bertz CT molecular complexity index is 410. The number of carbonyl (C=O) groups is 1. The average Bonchev–Trinajstić information content (AvgIpc) is 2.27. The minimum absolute atomic E-state index is 0.000975. The molecule has 0 radical (unpaired) electrons. The number of anilines is 1. The number of rotatable bonds is 3. The molecule has 3 nitrogen and oxygen atoms in total. The summed E-state index contributed by atoms with van der Waals surface area (Å²) in [7, 11) is 1.63. The Hall–Kier alpha value is -1.16. The summed E-state index contributed by atoms with van der Waals surface area (Å²) in [6.45, 7) is 5.67. The van der Waals surface area contributed by atoms with Gasteiger partial charge in [0.05, 0.1) is 17.7 Å². The van der Waals surface area contributed by atoms with Gasteiger partial charge in [-0.2, -0.15) is 0 Å². The van der Waals surface area contributed by atoms with Crippen LogP contribution in [0.5, 0.6) is 5.75 Å². The Morgan fingerprint density at radius 3 is 2.47 bits per heavy atom. The standard InChI is InChI=1S/C13H19NO2S/c1-13(2,3)12(15)14-9-7-6-8-10(16-4)11(9)17-5/h6-8H,1-5H3,(H,14,15). The summed E-state index contributed by atoms with van der Waals surface area (Å²) < 4.78 is 5.27. The van der Waals surface area contributed by atoms with Crippen molar-refractivity contribution in [2.75, 3.05) is 18.7 Å². The van der Waals surface area contributed by atoms with Crippen LogP contribution in [-0.4, -0.2) is 19.3 Å². The molecule has 0 fully saturated rings. The number of thioether (sulfide) groups is 1. The van der Waals surface area contributed by atoms with Crippen LogP contribution in [0.4, 0.5) is 5.69 Å². The van der Waals surface area contributed by atoms with Crippen LogP contribution < -0.4 is 10.1 Å². The van der Waals surface area contributed by atoms with Crippen molar-refractivity contribution in [2.45, 2.75) is 25.7 Å². The van der Waals surface area contributed by atoms with Gasteiger partial charge in [-0.3, -0.25) is 4.79 Å². The highest BCUT2D eigenvalue weighted by Crippen LogP contribution is 2.35. The van der Waals surface area contributed by atoms with Gasteiger partial charge in [0.25, 0.3) is 0 Å². The minimum Gasteiger partial charge on any atom is -0.496 e. The molecular formula is C13H19NO2S. The minimum atomic E-state index is -0.404. The van der Waals surface area contributed by atoms with Crippen molar-refractivity contribution < 1.29 is 9.53 Å². The van der Waals surface area contributed by atoms with Crippen LogP contribution in [0.25, 0.3) is 0 Å². The van der Waals surface area contributed by atoms with E-state index in [4.69, 9.17) is 4.74 Å². The van der Waals surface area contributed by atoms with Gasteiger partial charge in [0.1, 0.15) is 5.75 Å². The number of nitrogens with one attached hydrogen (secondary N) is 1. The van der Waals surface area contributed by atoms with Crippen LogP contribution in [0, 0.1) is 5.41 Å². The molecule has 0 saturated heterocycles. The molecule has 17 heavy (non-hydrogen) atoms. The molecule has 0 unspecified atom stereocenters. The van der Waals surface area contributed by atoms with E-state index in [1.807, 2.05) is 45.2 Å². The Balaban J connectivity index is 3.03. The molecule has 0 aliphatic rings. The van der Waals surface area contributed by atoms with E-state index in [9.17, 15) is 4.79 Å². The molecule has 0 saturated carbocycles. The number of amides is 1. The second-order valence-electron chi connectivity index (χ2n) is 4.75. The first-order valence-electron chi connectivity index (χ1n) is 5.42. The molecule has 0 aliphatic heterocycles. The van der Waals surface area contributed by atoms with Crippen LogP contribution in [0.2, 0.25) is 0 Å². The van der Waals surface area contributed by atoms with Crippen LogP contribution >= 0.6 is 11.8 Å². The van der Waals surface area contributed by atoms with E-state index >= 15 is 0 Å². The van der Waals surface area contributed by atoms with Crippen LogP contribution in [0.1, 0.15) is 20.8 Å². The highest BCUT2D eigenvalue weighted by atomic mass is 32.2. The summed E-state index contributed by atoms with van der Waals surface area (Å²) in [6, 6.07) is 5.65. The van der Waals surface area contributed by atoms with Crippen molar-refractivity contribution in [3.8, 4) is 5.75 Å². The predicted octanol–water partition coefficient (Wildman–Crippen LogP) is 3.40. The van der Waals surface area contributed by atoms with E-state index in [0.29, 0.717) is 0 Å². The normalized spacial score (nSPS) is 11.1. The van der Waals surface area contributed by atoms with E-state index in [2.05, 4.69) is 5.32 Å². The lowest BCUT2D eigenvalue weighted by Crippen LogP contribution is -2.27. The number of hydrogen-bond acceptors (Lipinski definition) is 3. The zero-order valence-electron chi connectivity index (χ0n) is 11.0. The van der Waals surface area contributed by atoms with Crippen molar-refractivity contribution in [3.63, 3.8) is 0 Å². The van der Waals surface area contributed by atoms with Gasteiger partial charge < -0.3 is 10.1 Å². The molecule has 4 heteroatoms. The van der Waals surface area contributed by atoms with Gasteiger partial charge in [-0.25, -0.2) is 0 Å². The smallest absolute Gasteiger partial charge is 0.229 e.